The van der Waals surface area contributed by atoms with E-state index in [-0.39, 0.29) is 12.1 Å². The minimum atomic E-state index is -0.641. The number of hydrogen-bond donors (Lipinski definition) is 1. The number of anilines is 1. The fourth-order valence-electron chi connectivity index (χ4n) is 0.886. The molecule has 0 radical (unpaired) electrons. The first-order chi connectivity index (χ1) is 6.24. The highest BCUT2D eigenvalue weighted by Gasteiger charge is 2.01. The topological polar surface area (TPSA) is 35.8 Å². The Bertz CT molecular complexity index is 331. The Morgan fingerprint density at radius 2 is 2.15 bits per heavy atom. The first-order valence-electron chi connectivity index (χ1n) is 3.80. The second-order valence-corrected chi connectivity index (χ2v) is 2.46. The molecule has 1 aromatic carbocycles. The van der Waals surface area contributed by atoms with Crippen molar-refractivity contribution in [2.75, 3.05) is 11.9 Å². The molecule has 13 heavy (non-hydrogen) atoms. The van der Waals surface area contributed by atoms with E-state index in [1.165, 1.54) is 6.07 Å². The van der Waals surface area contributed by atoms with Crippen molar-refractivity contribution in [2.24, 2.45) is 0 Å². The van der Waals surface area contributed by atoms with Crippen LogP contribution in [0.5, 0.6) is 0 Å². The molecule has 0 aliphatic rings. The zero-order valence-corrected chi connectivity index (χ0v) is 6.85. The Labute approximate surface area is 74.8 Å². The molecule has 4 heteroatoms. The summed E-state index contributed by atoms with van der Waals surface area (Å²) >= 11 is 0. The van der Waals surface area contributed by atoms with E-state index in [0.717, 1.165) is 12.1 Å². The van der Waals surface area contributed by atoms with Crippen molar-refractivity contribution in [1.82, 2.24) is 0 Å². The molecule has 0 unspecified atom stereocenters. The zero-order chi connectivity index (χ0) is 9.68. The molecule has 0 bridgehead atoms. The normalized spacial score (nSPS) is 9.31. The molecule has 68 valence electrons. The van der Waals surface area contributed by atoms with E-state index in [2.05, 4.69) is 5.32 Å². The lowest BCUT2D eigenvalue weighted by Crippen LogP contribution is -2.02. The lowest BCUT2D eigenvalue weighted by Gasteiger charge is -2.04. The van der Waals surface area contributed by atoms with Gasteiger partial charge in [0.15, 0.2) is 0 Å². The third kappa shape index (κ3) is 2.71. The van der Waals surface area contributed by atoms with Crippen molar-refractivity contribution < 1.29 is 8.78 Å². The van der Waals surface area contributed by atoms with Crippen molar-refractivity contribution in [3.8, 4) is 6.07 Å². The average Bonchev–Trinajstić information content (AvgIpc) is 2.09. The van der Waals surface area contributed by atoms with E-state index in [1.54, 1.807) is 0 Å². The van der Waals surface area contributed by atoms with Gasteiger partial charge in [-0.1, -0.05) is 0 Å². The predicted molar refractivity (Wildman–Crippen MR) is 45.1 cm³/mol. The van der Waals surface area contributed by atoms with Gasteiger partial charge < -0.3 is 5.32 Å². The molecule has 1 aromatic rings. The molecule has 0 saturated heterocycles. The van der Waals surface area contributed by atoms with Crippen LogP contribution in [0.1, 0.15) is 6.42 Å². The summed E-state index contributed by atoms with van der Waals surface area (Å²) in [5.41, 5.74) is 0.219. The Balaban J connectivity index is 2.62. The van der Waals surface area contributed by atoms with Gasteiger partial charge in [0.05, 0.1) is 18.2 Å². The summed E-state index contributed by atoms with van der Waals surface area (Å²) in [4.78, 5) is 0. The van der Waals surface area contributed by atoms with Crippen LogP contribution in [-0.4, -0.2) is 6.54 Å². The van der Waals surface area contributed by atoms with Crippen molar-refractivity contribution in [1.29, 1.82) is 5.26 Å². The predicted octanol–water partition coefficient (Wildman–Crippen LogP) is 2.29. The van der Waals surface area contributed by atoms with Crippen LogP contribution in [0.25, 0.3) is 0 Å². The van der Waals surface area contributed by atoms with Crippen molar-refractivity contribution in [2.45, 2.75) is 6.42 Å². The number of halogens is 2. The van der Waals surface area contributed by atoms with Crippen molar-refractivity contribution in [3.63, 3.8) is 0 Å². The van der Waals surface area contributed by atoms with Gasteiger partial charge in [0.2, 0.25) is 0 Å². The lowest BCUT2D eigenvalue weighted by atomic mass is 10.3. The van der Waals surface area contributed by atoms with Crippen molar-refractivity contribution in [3.05, 3.63) is 29.8 Å². The first kappa shape index (κ1) is 9.46. The highest BCUT2D eigenvalue weighted by Crippen LogP contribution is 2.14. The Morgan fingerprint density at radius 1 is 1.38 bits per heavy atom. The molecule has 0 spiro atoms. The summed E-state index contributed by atoms with van der Waals surface area (Å²) in [6.07, 6.45) is 0.289. The molecule has 0 amide bonds. The van der Waals surface area contributed by atoms with Crippen LogP contribution in [0, 0.1) is 23.0 Å². The highest BCUT2D eigenvalue weighted by molar-refractivity contribution is 5.44. The summed E-state index contributed by atoms with van der Waals surface area (Å²) in [6, 6.07) is 5.18. The molecule has 1 rings (SSSR count). The lowest BCUT2D eigenvalue weighted by molar-refractivity contribution is 0.585. The maximum atomic E-state index is 12.9. The Hall–Kier alpha value is -1.63. The molecular weight excluding hydrogens is 174 g/mol. The van der Waals surface area contributed by atoms with E-state index in [1.807, 2.05) is 6.07 Å². The number of nitriles is 1. The van der Waals surface area contributed by atoms with Gasteiger partial charge in [-0.05, 0) is 12.1 Å². The van der Waals surface area contributed by atoms with Gasteiger partial charge in [0.25, 0.3) is 0 Å². The van der Waals surface area contributed by atoms with E-state index in [9.17, 15) is 8.78 Å². The minimum absolute atomic E-state index is 0.219. The molecule has 0 fully saturated rings. The number of benzene rings is 1. The summed E-state index contributed by atoms with van der Waals surface area (Å²) < 4.78 is 25.3. The summed E-state index contributed by atoms with van der Waals surface area (Å²) in [6.45, 7) is 0.360. The number of nitrogens with zero attached hydrogens (tertiary/aromatic N) is 1. The van der Waals surface area contributed by atoms with Gasteiger partial charge in [-0.25, -0.2) is 8.78 Å². The molecule has 1 N–H and O–H groups in total. The third-order valence-corrected chi connectivity index (χ3v) is 1.48. The maximum absolute atomic E-state index is 12.9. The van der Waals surface area contributed by atoms with Gasteiger partial charge in [-0.15, -0.1) is 0 Å². The van der Waals surface area contributed by atoms with Crippen molar-refractivity contribution >= 4 is 5.69 Å². The number of nitrogens with one attached hydrogen (secondary N) is 1. The molecule has 0 saturated carbocycles. The standard InChI is InChI=1S/C9H8F2N2/c10-7-2-3-9(8(11)6-7)13-5-1-4-12/h2-3,6,13H,1,5H2. The van der Waals surface area contributed by atoms with E-state index in [0.29, 0.717) is 6.54 Å². The van der Waals surface area contributed by atoms with Crippen LogP contribution < -0.4 is 5.32 Å². The van der Waals surface area contributed by atoms with E-state index in [4.69, 9.17) is 5.26 Å². The van der Waals surface area contributed by atoms with Gasteiger partial charge >= 0.3 is 0 Å². The quantitative estimate of drug-likeness (QED) is 0.728. The molecular formula is C9H8F2N2. The number of hydrogen-bond acceptors (Lipinski definition) is 2. The second kappa shape index (κ2) is 4.41. The summed E-state index contributed by atoms with van der Waals surface area (Å²) in [7, 11) is 0. The SMILES string of the molecule is N#CCCNc1ccc(F)cc1F. The van der Waals surface area contributed by atoms with Crippen LogP contribution in [0.15, 0.2) is 18.2 Å². The molecule has 0 aromatic heterocycles. The smallest absolute Gasteiger partial charge is 0.149 e. The van der Waals surface area contributed by atoms with Gasteiger partial charge in [-0.3, -0.25) is 0 Å². The van der Waals surface area contributed by atoms with Crippen LogP contribution in [0.3, 0.4) is 0 Å². The third-order valence-electron chi connectivity index (χ3n) is 1.48. The van der Waals surface area contributed by atoms with Crippen LogP contribution in [-0.2, 0) is 0 Å². The molecule has 2 nitrogen and oxygen atoms in total. The fourth-order valence-corrected chi connectivity index (χ4v) is 0.886. The van der Waals surface area contributed by atoms with E-state index >= 15 is 0 Å². The fraction of sp³-hybridized carbons (Fsp3) is 0.222. The van der Waals surface area contributed by atoms with Gasteiger partial charge in [0, 0.05) is 12.6 Å². The monoisotopic (exact) mass is 182 g/mol. The molecule has 0 aliphatic heterocycles. The maximum Gasteiger partial charge on any atom is 0.149 e. The van der Waals surface area contributed by atoms with E-state index < -0.39 is 11.6 Å². The Morgan fingerprint density at radius 3 is 2.77 bits per heavy atom. The highest BCUT2D eigenvalue weighted by atomic mass is 19.1. The van der Waals surface area contributed by atoms with Gasteiger partial charge in [0.1, 0.15) is 11.6 Å². The largest absolute Gasteiger partial charge is 0.382 e. The average molecular weight is 182 g/mol. The molecule has 0 heterocycles. The molecule has 0 aliphatic carbocycles. The van der Waals surface area contributed by atoms with Gasteiger partial charge in [-0.2, -0.15) is 5.26 Å². The summed E-state index contributed by atoms with van der Waals surface area (Å²) in [5.74, 6) is -1.25. The summed E-state index contributed by atoms with van der Waals surface area (Å²) in [5, 5.41) is 10.9. The molecule has 0 atom stereocenters. The first-order valence-corrected chi connectivity index (χ1v) is 3.80. The van der Waals surface area contributed by atoms with Crippen LogP contribution in [0.4, 0.5) is 14.5 Å². The van der Waals surface area contributed by atoms with Crippen LogP contribution >= 0.6 is 0 Å². The number of rotatable bonds is 3. The minimum Gasteiger partial charge on any atom is -0.382 e. The van der Waals surface area contributed by atoms with Crippen LogP contribution in [0.2, 0.25) is 0 Å². The second-order valence-electron chi connectivity index (χ2n) is 2.46. The Kier molecular flexibility index (Phi) is 3.21. The zero-order valence-electron chi connectivity index (χ0n) is 6.85.